The summed E-state index contributed by atoms with van der Waals surface area (Å²) < 4.78 is 28.1. The van der Waals surface area contributed by atoms with Crippen LogP contribution in [0.15, 0.2) is 21.6 Å². The van der Waals surface area contributed by atoms with Crippen molar-refractivity contribution in [2.45, 2.75) is 39.0 Å². The van der Waals surface area contributed by atoms with E-state index in [2.05, 4.69) is 31.0 Å². The summed E-state index contributed by atoms with van der Waals surface area (Å²) in [6.07, 6.45) is 2.48. The van der Waals surface area contributed by atoms with Crippen molar-refractivity contribution in [3.63, 3.8) is 0 Å². The molecular weight excluding hydrogens is 342 g/mol. The summed E-state index contributed by atoms with van der Waals surface area (Å²) in [6, 6.07) is 1.57. The lowest BCUT2D eigenvalue weighted by Gasteiger charge is -2.19. The first kappa shape index (κ1) is 17.4. The number of nitrogens with zero attached hydrogens (tertiary/aromatic N) is 1. The van der Waals surface area contributed by atoms with Crippen LogP contribution in [0.1, 0.15) is 34.1 Å². The highest BCUT2D eigenvalue weighted by Crippen LogP contribution is 2.23. The van der Waals surface area contributed by atoms with Crippen LogP contribution >= 0.6 is 15.9 Å². The van der Waals surface area contributed by atoms with Crippen LogP contribution in [-0.4, -0.2) is 26.5 Å². The molecule has 0 atom stereocenters. The molecule has 0 spiro atoms. The summed E-state index contributed by atoms with van der Waals surface area (Å²) in [4.78, 5) is 4.32. The highest BCUT2D eigenvalue weighted by molar-refractivity contribution is 9.10. The number of aromatic nitrogens is 1. The van der Waals surface area contributed by atoms with Crippen LogP contribution in [0.4, 0.5) is 5.82 Å². The van der Waals surface area contributed by atoms with E-state index >= 15 is 0 Å². The molecule has 1 rings (SSSR count). The molecule has 0 aliphatic rings. The third kappa shape index (κ3) is 5.38. The fourth-order valence-electron chi connectivity index (χ4n) is 1.39. The molecule has 0 aliphatic heterocycles. The molecule has 0 aliphatic carbocycles. The Morgan fingerprint density at radius 1 is 1.35 bits per heavy atom. The third-order valence-electron chi connectivity index (χ3n) is 2.44. The quantitative estimate of drug-likeness (QED) is 0.814. The summed E-state index contributed by atoms with van der Waals surface area (Å²) in [7, 11) is -3.58. The standard InChI is InChI=1S/C13H22BrN3O2S/c1-5-6-15-12-11(7-10(14)8-16-12)20(18,19)17-9-13(2,3)4/h7-8,17H,5-6,9H2,1-4H3,(H,15,16). The number of hydrogen-bond donors (Lipinski definition) is 2. The Bertz CT molecular complexity index is 553. The van der Waals surface area contributed by atoms with E-state index in [0.717, 1.165) is 6.42 Å². The van der Waals surface area contributed by atoms with Crippen LogP contribution in [0, 0.1) is 5.41 Å². The Hall–Kier alpha value is -0.660. The average Bonchev–Trinajstić information content (AvgIpc) is 2.34. The van der Waals surface area contributed by atoms with Crippen molar-refractivity contribution in [1.29, 1.82) is 0 Å². The SMILES string of the molecule is CCCNc1ncc(Br)cc1S(=O)(=O)NCC(C)(C)C. The summed E-state index contributed by atoms with van der Waals surface area (Å²) in [5.74, 6) is 0.386. The van der Waals surface area contributed by atoms with Crippen molar-refractivity contribution in [2.75, 3.05) is 18.4 Å². The summed E-state index contributed by atoms with van der Waals surface area (Å²) in [5.41, 5.74) is -0.122. The number of nitrogens with one attached hydrogen (secondary N) is 2. The number of rotatable bonds is 6. The van der Waals surface area contributed by atoms with Gasteiger partial charge in [0.05, 0.1) is 0 Å². The van der Waals surface area contributed by atoms with Crippen LogP contribution in [0.5, 0.6) is 0 Å². The van der Waals surface area contributed by atoms with E-state index in [-0.39, 0.29) is 10.3 Å². The van der Waals surface area contributed by atoms with Gasteiger partial charge < -0.3 is 5.32 Å². The predicted molar refractivity (Wildman–Crippen MR) is 85.4 cm³/mol. The van der Waals surface area contributed by atoms with Crippen LogP contribution in [0.3, 0.4) is 0 Å². The summed E-state index contributed by atoms with van der Waals surface area (Å²) in [6.45, 7) is 8.99. The maximum Gasteiger partial charge on any atom is 0.244 e. The molecule has 20 heavy (non-hydrogen) atoms. The lowest BCUT2D eigenvalue weighted by atomic mass is 9.98. The lowest BCUT2D eigenvalue weighted by molar-refractivity contribution is 0.407. The monoisotopic (exact) mass is 363 g/mol. The first-order valence-electron chi connectivity index (χ1n) is 6.55. The van der Waals surface area contributed by atoms with E-state index in [1.165, 1.54) is 0 Å². The highest BCUT2D eigenvalue weighted by atomic mass is 79.9. The van der Waals surface area contributed by atoms with Gasteiger partial charge in [-0.15, -0.1) is 0 Å². The minimum absolute atomic E-state index is 0.122. The lowest BCUT2D eigenvalue weighted by Crippen LogP contribution is -2.32. The molecule has 0 bridgehead atoms. The van der Waals surface area contributed by atoms with Crippen molar-refractivity contribution in [2.24, 2.45) is 5.41 Å². The molecule has 114 valence electrons. The van der Waals surface area contributed by atoms with Gasteiger partial charge in [0.15, 0.2) is 0 Å². The molecule has 0 saturated carbocycles. The molecule has 0 amide bonds. The van der Waals surface area contributed by atoms with Gasteiger partial charge in [0, 0.05) is 23.8 Å². The van der Waals surface area contributed by atoms with Gasteiger partial charge >= 0.3 is 0 Å². The van der Waals surface area contributed by atoms with E-state index in [4.69, 9.17) is 0 Å². The minimum Gasteiger partial charge on any atom is -0.369 e. The van der Waals surface area contributed by atoms with Crippen molar-refractivity contribution < 1.29 is 8.42 Å². The molecule has 0 unspecified atom stereocenters. The van der Waals surface area contributed by atoms with Gasteiger partial charge in [0.2, 0.25) is 10.0 Å². The van der Waals surface area contributed by atoms with Crippen molar-refractivity contribution >= 4 is 31.8 Å². The molecule has 2 N–H and O–H groups in total. The Morgan fingerprint density at radius 2 is 2.00 bits per heavy atom. The van der Waals surface area contributed by atoms with Crippen molar-refractivity contribution in [3.8, 4) is 0 Å². The van der Waals surface area contributed by atoms with Gasteiger partial charge in [-0.2, -0.15) is 0 Å². The number of halogens is 1. The average molecular weight is 364 g/mol. The zero-order valence-corrected chi connectivity index (χ0v) is 14.7. The number of anilines is 1. The number of hydrogen-bond acceptors (Lipinski definition) is 4. The molecule has 0 radical (unpaired) electrons. The van der Waals surface area contributed by atoms with Crippen LogP contribution in [0.2, 0.25) is 0 Å². The zero-order valence-electron chi connectivity index (χ0n) is 12.3. The molecule has 0 aromatic carbocycles. The Kier molecular flexibility index (Phi) is 5.97. The van der Waals surface area contributed by atoms with Crippen LogP contribution in [0.25, 0.3) is 0 Å². The molecule has 0 fully saturated rings. The molecule has 1 aromatic heterocycles. The number of pyridine rings is 1. The molecule has 7 heteroatoms. The predicted octanol–water partition coefficient (Wildman–Crippen LogP) is 2.99. The normalized spacial score (nSPS) is 12.4. The van der Waals surface area contributed by atoms with Crippen molar-refractivity contribution in [3.05, 3.63) is 16.7 Å². The largest absolute Gasteiger partial charge is 0.369 e. The van der Waals surface area contributed by atoms with Gasteiger partial charge in [0.25, 0.3) is 0 Å². The second-order valence-corrected chi connectivity index (χ2v) is 8.46. The Balaban J connectivity index is 3.06. The molecular formula is C13H22BrN3O2S. The first-order chi connectivity index (χ1) is 9.15. The summed E-state index contributed by atoms with van der Waals surface area (Å²) in [5, 5.41) is 3.04. The Labute approximate surface area is 129 Å². The first-order valence-corrected chi connectivity index (χ1v) is 8.82. The Morgan fingerprint density at radius 3 is 2.55 bits per heavy atom. The van der Waals surface area contributed by atoms with E-state index < -0.39 is 10.0 Å². The highest BCUT2D eigenvalue weighted by Gasteiger charge is 2.22. The van der Waals surface area contributed by atoms with Crippen molar-refractivity contribution in [1.82, 2.24) is 9.71 Å². The number of sulfonamides is 1. The van der Waals surface area contributed by atoms with Gasteiger partial charge in [-0.3, -0.25) is 0 Å². The van der Waals surface area contributed by atoms with E-state index in [1.54, 1.807) is 12.3 Å². The molecule has 1 heterocycles. The second kappa shape index (κ2) is 6.87. The molecule has 1 aromatic rings. The maximum atomic E-state index is 12.4. The smallest absolute Gasteiger partial charge is 0.244 e. The van der Waals surface area contributed by atoms with E-state index in [9.17, 15) is 8.42 Å². The minimum atomic E-state index is -3.58. The molecule has 5 nitrogen and oxygen atoms in total. The van der Waals surface area contributed by atoms with Gasteiger partial charge in [-0.25, -0.2) is 18.1 Å². The second-order valence-electron chi connectivity index (χ2n) is 5.81. The van der Waals surface area contributed by atoms with Crippen LogP contribution < -0.4 is 10.0 Å². The summed E-state index contributed by atoms with van der Waals surface area (Å²) >= 11 is 3.27. The third-order valence-corrected chi connectivity index (χ3v) is 4.29. The zero-order chi connectivity index (χ0) is 15.4. The fourth-order valence-corrected chi connectivity index (χ4v) is 3.31. The maximum absolute atomic E-state index is 12.4. The topological polar surface area (TPSA) is 71.1 Å². The van der Waals surface area contributed by atoms with Crippen LogP contribution in [-0.2, 0) is 10.0 Å². The van der Waals surface area contributed by atoms with E-state index in [1.807, 2.05) is 27.7 Å². The van der Waals surface area contributed by atoms with E-state index in [0.29, 0.717) is 23.4 Å². The molecule has 0 saturated heterocycles. The fraction of sp³-hybridized carbons (Fsp3) is 0.615. The van der Waals surface area contributed by atoms with Gasteiger partial charge in [-0.1, -0.05) is 27.7 Å². The van der Waals surface area contributed by atoms with Gasteiger partial charge in [-0.05, 0) is 33.8 Å². The van der Waals surface area contributed by atoms with Gasteiger partial charge in [0.1, 0.15) is 10.7 Å².